The molecule has 3 rings (SSSR count). The zero-order valence-electron chi connectivity index (χ0n) is 11.2. The number of thioether (sulfide) groups is 1. The monoisotopic (exact) mass is 337 g/mol. The first kappa shape index (κ1) is 15.0. The van der Waals surface area contributed by atoms with Crippen molar-refractivity contribution in [2.45, 2.75) is 10.9 Å². The van der Waals surface area contributed by atoms with Crippen LogP contribution in [-0.4, -0.2) is 15.2 Å². The van der Waals surface area contributed by atoms with E-state index in [1.165, 1.54) is 30.0 Å². The van der Waals surface area contributed by atoms with Gasteiger partial charge in [0.05, 0.1) is 5.56 Å². The van der Waals surface area contributed by atoms with Crippen LogP contribution in [0, 0.1) is 11.6 Å². The molecule has 0 amide bonds. The minimum Gasteiger partial charge on any atom is -0.258 e. The van der Waals surface area contributed by atoms with E-state index in [2.05, 4.69) is 15.2 Å². The summed E-state index contributed by atoms with van der Waals surface area (Å²) in [5.74, 6) is 0.120. The van der Waals surface area contributed by atoms with Gasteiger partial charge in [-0.3, -0.25) is 5.10 Å². The van der Waals surface area contributed by atoms with Gasteiger partial charge in [0.15, 0.2) is 5.82 Å². The number of rotatable bonds is 4. The molecule has 1 N–H and O–H groups in total. The molecular formula is C15H10ClF2N3S. The summed E-state index contributed by atoms with van der Waals surface area (Å²) in [6.45, 7) is 0. The highest BCUT2D eigenvalue weighted by Crippen LogP contribution is 2.27. The van der Waals surface area contributed by atoms with Gasteiger partial charge in [-0.15, -0.1) is 5.10 Å². The quantitative estimate of drug-likeness (QED) is 0.702. The van der Waals surface area contributed by atoms with Crippen LogP contribution < -0.4 is 0 Å². The van der Waals surface area contributed by atoms with E-state index in [-0.39, 0.29) is 11.6 Å². The van der Waals surface area contributed by atoms with Gasteiger partial charge in [0, 0.05) is 10.8 Å². The van der Waals surface area contributed by atoms with E-state index in [0.29, 0.717) is 27.3 Å². The second-order valence-corrected chi connectivity index (χ2v) is 5.82. The van der Waals surface area contributed by atoms with Crippen molar-refractivity contribution in [1.29, 1.82) is 0 Å². The van der Waals surface area contributed by atoms with Crippen LogP contribution >= 0.6 is 23.4 Å². The maximum absolute atomic E-state index is 13.7. The van der Waals surface area contributed by atoms with Crippen molar-refractivity contribution in [3.05, 3.63) is 64.7 Å². The molecule has 2 aromatic carbocycles. The minimum absolute atomic E-state index is 0.359. The fraction of sp³-hybridized carbons (Fsp3) is 0.0667. The summed E-state index contributed by atoms with van der Waals surface area (Å²) >= 11 is 7.30. The number of benzene rings is 2. The molecule has 1 aromatic heterocycles. The van der Waals surface area contributed by atoms with Gasteiger partial charge in [0.2, 0.25) is 5.16 Å². The first-order valence-corrected chi connectivity index (χ1v) is 7.74. The van der Waals surface area contributed by atoms with Crippen LogP contribution in [0.2, 0.25) is 5.02 Å². The van der Waals surface area contributed by atoms with Crippen LogP contribution in [0.25, 0.3) is 11.4 Å². The van der Waals surface area contributed by atoms with Gasteiger partial charge in [-0.25, -0.2) is 13.8 Å². The molecule has 3 nitrogen and oxygen atoms in total. The molecule has 0 radical (unpaired) electrons. The maximum Gasteiger partial charge on any atom is 0.209 e. The van der Waals surface area contributed by atoms with E-state index >= 15 is 0 Å². The lowest BCUT2D eigenvalue weighted by Crippen LogP contribution is -1.86. The van der Waals surface area contributed by atoms with Crippen molar-refractivity contribution in [2.75, 3.05) is 0 Å². The molecular weight excluding hydrogens is 328 g/mol. The van der Waals surface area contributed by atoms with Crippen LogP contribution in [0.5, 0.6) is 0 Å². The number of H-pyrrole nitrogens is 1. The third-order valence-corrected chi connectivity index (χ3v) is 4.21. The van der Waals surface area contributed by atoms with Crippen molar-refractivity contribution >= 4 is 23.4 Å². The molecule has 0 aliphatic carbocycles. The lowest BCUT2D eigenvalue weighted by molar-refractivity contribution is 0.627. The Bertz CT molecular complexity index is 807. The van der Waals surface area contributed by atoms with Gasteiger partial charge in [-0.05, 0) is 29.8 Å². The van der Waals surface area contributed by atoms with Gasteiger partial charge in [0.25, 0.3) is 0 Å². The summed E-state index contributed by atoms with van der Waals surface area (Å²) in [5.41, 5.74) is 1.15. The Labute approximate surface area is 134 Å². The van der Waals surface area contributed by atoms with E-state index in [9.17, 15) is 8.78 Å². The minimum atomic E-state index is -0.376. The van der Waals surface area contributed by atoms with E-state index in [1.807, 2.05) is 0 Å². The van der Waals surface area contributed by atoms with Crippen molar-refractivity contribution in [1.82, 2.24) is 15.2 Å². The van der Waals surface area contributed by atoms with E-state index < -0.39 is 0 Å². The highest BCUT2D eigenvalue weighted by atomic mass is 35.5. The average molecular weight is 338 g/mol. The molecule has 3 aromatic rings. The topological polar surface area (TPSA) is 41.6 Å². The van der Waals surface area contributed by atoms with Gasteiger partial charge in [-0.2, -0.15) is 0 Å². The maximum atomic E-state index is 13.7. The summed E-state index contributed by atoms with van der Waals surface area (Å²) in [7, 11) is 0. The number of aromatic amines is 1. The standard InChI is InChI=1S/C15H10ClF2N3S/c16-12-7-10(17)6-5-9(12)8-22-15-19-14(20-21-15)11-3-1-2-4-13(11)18/h1-7H,8H2,(H,19,20,21). The molecule has 112 valence electrons. The Morgan fingerprint density at radius 1 is 1.14 bits per heavy atom. The first-order valence-electron chi connectivity index (χ1n) is 6.37. The average Bonchev–Trinajstić information content (AvgIpc) is 2.95. The van der Waals surface area contributed by atoms with Gasteiger partial charge in [0.1, 0.15) is 11.6 Å². The third-order valence-electron chi connectivity index (χ3n) is 2.97. The Balaban J connectivity index is 1.74. The summed E-state index contributed by atoms with van der Waals surface area (Å²) in [6, 6.07) is 10.6. The predicted octanol–water partition coefficient (Wildman–Crippen LogP) is 4.70. The molecule has 0 saturated carbocycles. The fourth-order valence-corrected chi connectivity index (χ4v) is 2.98. The fourth-order valence-electron chi connectivity index (χ4n) is 1.87. The molecule has 7 heteroatoms. The lowest BCUT2D eigenvalue weighted by atomic mass is 10.2. The molecule has 0 aliphatic rings. The van der Waals surface area contributed by atoms with Crippen molar-refractivity contribution in [3.63, 3.8) is 0 Å². The Morgan fingerprint density at radius 2 is 1.95 bits per heavy atom. The molecule has 22 heavy (non-hydrogen) atoms. The molecule has 0 spiro atoms. The number of nitrogens with one attached hydrogen (secondary N) is 1. The number of nitrogens with zero attached hydrogens (tertiary/aromatic N) is 2. The highest BCUT2D eigenvalue weighted by Gasteiger charge is 2.11. The zero-order valence-corrected chi connectivity index (χ0v) is 12.8. The Morgan fingerprint density at radius 3 is 2.73 bits per heavy atom. The van der Waals surface area contributed by atoms with E-state index in [1.54, 1.807) is 24.3 Å². The molecule has 0 atom stereocenters. The molecule has 0 saturated heterocycles. The van der Waals surface area contributed by atoms with E-state index in [0.717, 1.165) is 5.56 Å². The molecule has 0 bridgehead atoms. The van der Waals surface area contributed by atoms with Crippen LogP contribution in [0.4, 0.5) is 8.78 Å². The van der Waals surface area contributed by atoms with E-state index in [4.69, 9.17) is 11.6 Å². The second kappa shape index (κ2) is 6.46. The van der Waals surface area contributed by atoms with Crippen LogP contribution in [0.1, 0.15) is 5.56 Å². The summed E-state index contributed by atoms with van der Waals surface area (Å²) in [6.07, 6.45) is 0. The number of halogens is 3. The number of hydrogen-bond donors (Lipinski definition) is 1. The largest absolute Gasteiger partial charge is 0.258 e. The van der Waals surface area contributed by atoms with Crippen molar-refractivity contribution in [3.8, 4) is 11.4 Å². The summed E-state index contributed by atoms with van der Waals surface area (Å²) in [4.78, 5) is 4.24. The first-order chi connectivity index (χ1) is 10.6. The smallest absolute Gasteiger partial charge is 0.209 e. The SMILES string of the molecule is Fc1ccc(CSc2n[nH]c(-c3ccccc3F)n2)c(Cl)c1. The van der Waals surface area contributed by atoms with Crippen LogP contribution in [0.15, 0.2) is 47.6 Å². The van der Waals surface area contributed by atoms with Crippen LogP contribution in [-0.2, 0) is 5.75 Å². The Kier molecular flexibility index (Phi) is 4.40. The normalized spacial score (nSPS) is 10.9. The number of hydrogen-bond acceptors (Lipinski definition) is 3. The summed E-state index contributed by atoms with van der Waals surface area (Å²) in [5, 5.41) is 7.58. The third kappa shape index (κ3) is 3.28. The molecule has 1 heterocycles. The van der Waals surface area contributed by atoms with Crippen LogP contribution in [0.3, 0.4) is 0 Å². The molecule has 0 unspecified atom stereocenters. The highest BCUT2D eigenvalue weighted by molar-refractivity contribution is 7.98. The Hall–Kier alpha value is -1.92. The molecule has 0 aliphatic heterocycles. The predicted molar refractivity (Wildman–Crippen MR) is 82.7 cm³/mol. The lowest BCUT2D eigenvalue weighted by Gasteiger charge is -2.01. The van der Waals surface area contributed by atoms with Gasteiger partial charge >= 0.3 is 0 Å². The zero-order chi connectivity index (χ0) is 15.5. The number of aromatic nitrogens is 3. The van der Waals surface area contributed by atoms with Gasteiger partial charge in [-0.1, -0.05) is 41.6 Å². The van der Waals surface area contributed by atoms with Crippen molar-refractivity contribution in [2.24, 2.45) is 0 Å². The second-order valence-electron chi connectivity index (χ2n) is 4.47. The summed E-state index contributed by atoms with van der Waals surface area (Å²) < 4.78 is 26.7. The van der Waals surface area contributed by atoms with Gasteiger partial charge < -0.3 is 0 Å². The van der Waals surface area contributed by atoms with Crippen molar-refractivity contribution < 1.29 is 8.78 Å². The molecule has 0 fully saturated rings.